The predicted molar refractivity (Wildman–Crippen MR) is 84.0 cm³/mol. The number of fused-ring (bicyclic) bond motifs is 1. The molecule has 2 aliphatic heterocycles. The van der Waals surface area contributed by atoms with Crippen LogP contribution >= 0.6 is 0 Å². The van der Waals surface area contributed by atoms with E-state index in [1.807, 2.05) is 6.07 Å². The highest BCUT2D eigenvalue weighted by molar-refractivity contribution is 6.01. The second kappa shape index (κ2) is 6.42. The average Bonchev–Trinajstić information content (AvgIpc) is 2.84. The molecule has 23 heavy (non-hydrogen) atoms. The van der Waals surface area contributed by atoms with Gasteiger partial charge in [-0.15, -0.1) is 0 Å². The fourth-order valence-electron chi connectivity index (χ4n) is 2.96. The molecule has 0 saturated carbocycles. The summed E-state index contributed by atoms with van der Waals surface area (Å²) in [7, 11) is 1.62. The van der Waals surface area contributed by atoms with Crippen molar-refractivity contribution in [1.82, 2.24) is 10.2 Å². The van der Waals surface area contributed by atoms with Crippen LogP contribution < -0.4 is 10.1 Å². The molecule has 1 unspecified atom stereocenters. The van der Waals surface area contributed by atoms with Crippen LogP contribution in [0.5, 0.6) is 5.75 Å². The van der Waals surface area contributed by atoms with Crippen LogP contribution in [0.4, 0.5) is 0 Å². The first-order chi connectivity index (χ1) is 11.1. The number of ether oxygens (including phenoxy) is 2. The number of nitrogens with zero attached hydrogens (tertiary/aromatic N) is 1. The second-order valence-electron chi connectivity index (χ2n) is 5.74. The number of methoxy groups -OCH3 is 1. The van der Waals surface area contributed by atoms with Crippen LogP contribution in [0.1, 0.15) is 28.8 Å². The lowest BCUT2D eigenvalue weighted by molar-refractivity contribution is -0.126. The lowest BCUT2D eigenvalue weighted by Gasteiger charge is -2.30. The maximum atomic E-state index is 12.6. The first-order valence-corrected chi connectivity index (χ1v) is 7.64. The van der Waals surface area contributed by atoms with Crippen LogP contribution in [0.25, 0.3) is 0 Å². The van der Waals surface area contributed by atoms with E-state index in [-0.39, 0.29) is 11.8 Å². The molecular formula is C17H20N2O4. The van der Waals surface area contributed by atoms with Gasteiger partial charge >= 0.3 is 0 Å². The first-order valence-electron chi connectivity index (χ1n) is 7.64. The Hall–Kier alpha value is -2.34. The van der Waals surface area contributed by atoms with E-state index in [0.717, 1.165) is 5.56 Å². The van der Waals surface area contributed by atoms with Crippen LogP contribution in [0.2, 0.25) is 0 Å². The minimum atomic E-state index is -0.432. The normalized spacial score (nSPS) is 20.5. The van der Waals surface area contributed by atoms with E-state index in [0.29, 0.717) is 49.6 Å². The fourth-order valence-corrected chi connectivity index (χ4v) is 2.96. The lowest BCUT2D eigenvalue weighted by Crippen LogP contribution is -2.49. The summed E-state index contributed by atoms with van der Waals surface area (Å²) < 4.78 is 10.5. The molecule has 3 rings (SSSR count). The zero-order chi connectivity index (χ0) is 16.4. The molecule has 1 fully saturated rings. The summed E-state index contributed by atoms with van der Waals surface area (Å²) in [5.41, 5.74) is 2.24. The number of nitrogens with one attached hydrogen (secondary N) is 1. The van der Waals surface area contributed by atoms with Gasteiger partial charge in [-0.05, 0) is 36.6 Å². The van der Waals surface area contributed by atoms with Crippen molar-refractivity contribution in [2.75, 3.05) is 20.3 Å². The summed E-state index contributed by atoms with van der Waals surface area (Å²) in [6.45, 7) is 5.17. The number of carbonyl (C=O) groups excluding carboxylic acids is 2. The lowest BCUT2D eigenvalue weighted by atomic mass is 10.0. The molecule has 0 aliphatic carbocycles. The van der Waals surface area contributed by atoms with E-state index in [1.54, 1.807) is 24.1 Å². The molecule has 1 saturated heterocycles. The van der Waals surface area contributed by atoms with Crippen molar-refractivity contribution < 1.29 is 19.1 Å². The highest BCUT2D eigenvalue weighted by atomic mass is 16.5. The maximum absolute atomic E-state index is 12.6. The Balaban J connectivity index is 1.73. The zero-order valence-electron chi connectivity index (χ0n) is 13.1. The molecule has 1 aromatic rings. The van der Waals surface area contributed by atoms with Gasteiger partial charge in [-0.1, -0.05) is 6.58 Å². The molecular weight excluding hydrogens is 296 g/mol. The Labute approximate surface area is 135 Å². The Morgan fingerprint density at radius 1 is 1.35 bits per heavy atom. The molecule has 1 N–H and O–H groups in total. The summed E-state index contributed by atoms with van der Waals surface area (Å²) in [5, 5.41) is 2.73. The van der Waals surface area contributed by atoms with Crippen molar-refractivity contribution in [1.29, 1.82) is 0 Å². The topological polar surface area (TPSA) is 67.9 Å². The Morgan fingerprint density at radius 3 is 2.91 bits per heavy atom. The summed E-state index contributed by atoms with van der Waals surface area (Å²) in [4.78, 5) is 26.3. The molecule has 2 heterocycles. The van der Waals surface area contributed by atoms with Gasteiger partial charge in [0, 0.05) is 24.9 Å². The minimum absolute atomic E-state index is 0.101. The number of rotatable bonds is 5. The third-order valence-corrected chi connectivity index (χ3v) is 4.16. The molecule has 0 aromatic heterocycles. The number of allylic oxidation sites excluding steroid dienone is 1. The van der Waals surface area contributed by atoms with Crippen molar-refractivity contribution >= 4 is 11.8 Å². The fraction of sp³-hybridized carbons (Fsp3) is 0.412. The van der Waals surface area contributed by atoms with Crippen molar-refractivity contribution in [3.63, 3.8) is 0 Å². The molecule has 0 spiro atoms. The molecule has 6 heteroatoms. The monoisotopic (exact) mass is 316 g/mol. The van der Waals surface area contributed by atoms with Crippen molar-refractivity contribution in [3.05, 3.63) is 41.6 Å². The maximum Gasteiger partial charge on any atom is 0.255 e. The van der Waals surface area contributed by atoms with Crippen molar-refractivity contribution in [2.45, 2.75) is 25.4 Å². The Bertz CT molecular complexity index is 656. The Morgan fingerprint density at radius 2 is 2.17 bits per heavy atom. The van der Waals surface area contributed by atoms with E-state index >= 15 is 0 Å². The Kier molecular flexibility index (Phi) is 4.34. The van der Waals surface area contributed by atoms with Crippen LogP contribution in [0.15, 0.2) is 30.5 Å². The zero-order valence-corrected chi connectivity index (χ0v) is 13.1. The van der Waals surface area contributed by atoms with E-state index in [4.69, 9.17) is 9.47 Å². The molecule has 2 amide bonds. The van der Waals surface area contributed by atoms with Crippen molar-refractivity contribution in [3.8, 4) is 5.75 Å². The standard InChI is InChI=1S/C17H20N2O4/c1-11-3-6-15(16(20)18-11)19-10-12-9-13(23-8-7-22-2)4-5-14(12)17(19)21/h4-5,9,15H,1,3,6-8,10H2,2H3,(H,18,20). The van der Waals surface area contributed by atoms with Gasteiger partial charge in [0.1, 0.15) is 18.4 Å². The summed E-state index contributed by atoms with van der Waals surface area (Å²) in [6, 6.07) is 4.97. The number of benzene rings is 1. The molecule has 1 aromatic carbocycles. The summed E-state index contributed by atoms with van der Waals surface area (Å²) in [5.74, 6) is 0.451. The van der Waals surface area contributed by atoms with Gasteiger partial charge in [0.05, 0.1) is 6.61 Å². The van der Waals surface area contributed by atoms with E-state index in [1.165, 1.54) is 0 Å². The smallest absolute Gasteiger partial charge is 0.255 e. The molecule has 0 bridgehead atoms. The molecule has 122 valence electrons. The van der Waals surface area contributed by atoms with Gasteiger partial charge in [-0.2, -0.15) is 0 Å². The number of hydrogen-bond acceptors (Lipinski definition) is 4. The largest absolute Gasteiger partial charge is 0.491 e. The average molecular weight is 316 g/mol. The third kappa shape index (κ3) is 3.07. The highest BCUT2D eigenvalue weighted by Crippen LogP contribution is 2.30. The molecule has 6 nitrogen and oxygen atoms in total. The SMILES string of the molecule is C=C1CCC(N2Cc3cc(OCCOC)ccc3C2=O)C(=O)N1. The third-order valence-electron chi connectivity index (χ3n) is 4.16. The quantitative estimate of drug-likeness (QED) is 0.835. The van der Waals surface area contributed by atoms with Gasteiger partial charge in [0.2, 0.25) is 5.91 Å². The number of carbonyl (C=O) groups is 2. The van der Waals surface area contributed by atoms with Gasteiger partial charge in [-0.3, -0.25) is 9.59 Å². The molecule has 0 radical (unpaired) electrons. The highest BCUT2D eigenvalue weighted by Gasteiger charge is 2.38. The molecule has 1 atom stereocenters. The predicted octanol–water partition coefficient (Wildman–Crippen LogP) is 1.46. The number of piperidine rings is 1. The van der Waals surface area contributed by atoms with Crippen LogP contribution in [0.3, 0.4) is 0 Å². The van der Waals surface area contributed by atoms with Gasteiger partial charge in [0.25, 0.3) is 5.91 Å². The number of hydrogen-bond donors (Lipinski definition) is 1. The second-order valence-corrected chi connectivity index (χ2v) is 5.74. The van der Waals surface area contributed by atoms with E-state index in [2.05, 4.69) is 11.9 Å². The minimum Gasteiger partial charge on any atom is -0.491 e. The summed E-state index contributed by atoms with van der Waals surface area (Å²) in [6.07, 6.45) is 1.31. The van der Waals surface area contributed by atoms with Gasteiger partial charge < -0.3 is 19.7 Å². The van der Waals surface area contributed by atoms with Gasteiger partial charge in [-0.25, -0.2) is 0 Å². The molecule has 2 aliphatic rings. The van der Waals surface area contributed by atoms with Crippen LogP contribution in [-0.2, 0) is 16.1 Å². The first kappa shape index (κ1) is 15.6. The number of amides is 2. The van der Waals surface area contributed by atoms with Crippen LogP contribution in [-0.4, -0.2) is 43.1 Å². The van der Waals surface area contributed by atoms with Crippen LogP contribution in [0, 0.1) is 0 Å². The summed E-state index contributed by atoms with van der Waals surface area (Å²) >= 11 is 0. The van der Waals surface area contributed by atoms with E-state index in [9.17, 15) is 9.59 Å². The van der Waals surface area contributed by atoms with Crippen molar-refractivity contribution in [2.24, 2.45) is 0 Å². The van der Waals surface area contributed by atoms with E-state index < -0.39 is 6.04 Å². The van der Waals surface area contributed by atoms with Gasteiger partial charge in [0.15, 0.2) is 0 Å².